The van der Waals surface area contributed by atoms with Gasteiger partial charge in [0.2, 0.25) is 0 Å². The number of H-pyrrole nitrogens is 1. The summed E-state index contributed by atoms with van der Waals surface area (Å²) < 4.78 is 87.2. The van der Waals surface area contributed by atoms with Gasteiger partial charge in [0.1, 0.15) is 4.60 Å². The second-order valence-corrected chi connectivity index (χ2v) is 10.2. The number of anilines is 2. The molecule has 0 saturated carbocycles. The minimum atomic E-state index is -5.01. The van der Waals surface area contributed by atoms with Gasteiger partial charge in [-0.15, -0.1) is 5.10 Å². The number of ether oxygens (including phenoxy) is 1. The first-order valence-electron chi connectivity index (χ1n) is 12.1. The average molecular weight is 636 g/mol. The van der Waals surface area contributed by atoms with E-state index in [4.69, 9.17) is 4.74 Å². The second kappa shape index (κ2) is 11.2. The number of halogens is 7. The van der Waals surface area contributed by atoms with Crippen LogP contribution in [-0.2, 0) is 23.6 Å². The highest BCUT2D eigenvalue weighted by Crippen LogP contribution is 2.43. The number of aromatic nitrogens is 5. The minimum Gasteiger partial charge on any atom is -0.446 e. The molecule has 3 heterocycles. The largest absolute Gasteiger partial charge is 0.446 e. The van der Waals surface area contributed by atoms with E-state index in [0.717, 1.165) is 0 Å². The van der Waals surface area contributed by atoms with Crippen molar-refractivity contribution in [3.63, 3.8) is 0 Å². The van der Waals surface area contributed by atoms with E-state index in [1.807, 2.05) is 6.92 Å². The fourth-order valence-electron chi connectivity index (χ4n) is 4.60. The van der Waals surface area contributed by atoms with Gasteiger partial charge in [-0.1, -0.05) is 12.0 Å². The highest BCUT2D eigenvalue weighted by atomic mass is 79.9. The molecule has 3 aromatic rings. The van der Waals surface area contributed by atoms with Crippen molar-refractivity contribution in [1.82, 2.24) is 25.6 Å². The van der Waals surface area contributed by atoms with Gasteiger partial charge in [0.25, 0.3) is 5.95 Å². The lowest BCUT2D eigenvalue weighted by atomic mass is 9.92. The zero-order valence-corrected chi connectivity index (χ0v) is 23.0. The molecule has 2 aromatic heterocycles. The summed E-state index contributed by atoms with van der Waals surface area (Å²) in [5.41, 5.74) is -2.45. The minimum absolute atomic E-state index is 0.0715. The number of hydrogen-bond acceptors (Lipinski definition) is 7. The SMILES string of the molecule is CCC1CC(N(Cc2cc(C(F)(F)F)cc(C(F)(F)F)c2)c2nn[nH]n2)c2nc(Br)ccc2N1C(=O)OC(C)C. The van der Waals surface area contributed by atoms with Gasteiger partial charge < -0.3 is 9.64 Å². The van der Waals surface area contributed by atoms with Crippen LogP contribution in [0.15, 0.2) is 34.9 Å². The summed E-state index contributed by atoms with van der Waals surface area (Å²) in [7, 11) is 0. The van der Waals surface area contributed by atoms with Crippen molar-refractivity contribution in [2.24, 2.45) is 0 Å². The lowest BCUT2D eigenvalue weighted by Gasteiger charge is -2.43. The van der Waals surface area contributed by atoms with E-state index in [1.54, 1.807) is 26.0 Å². The van der Waals surface area contributed by atoms with Gasteiger partial charge in [0, 0.05) is 12.6 Å². The first kappa shape index (κ1) is 29.6. The molecule has 0 aliphatic carbocycles. The van der Waals surface area contributed by atoms with Gasteiger partial charge in [-0.25, -0.2) is 9.78 Å². The number of alkyl halides is 6. The Kier molecular flexibility index (Phi) is 8.28. The molecule has 1 aliphatic heterocycles. The Morgan fingerprint density at radius 3 is 2.33 bits per heavy atom. The summed E-state index contributed by atoms with van der Waals surface area (Å²) in [4.78, 5) is 20.5. The number of aromatic amines is 1. The Hall–Kier alpha value is -3.43. The van der Waals surface area contributed by atoms with Gasteiger partial charge in [0.05, 0.1) is 34.7 Å². The Labute approximate surface area is 233 Å². The molecule has 4 rings (SSSR count). The summed E-state index contributed by atoms with van der Waals surface area (Å²) >= 11 is 3.31. The molecular weight excluding hydrogens is 612 g/mol. The van der Waals surface area contributed by atoms with Crippen molar-refractivity contribution in [3.05, 3.63) is 57.3 Å². The Bertz CT molecular complexity index is 1320. The molecule has 16 heteroatoms. The molecule has 0 bridgehead atoms. The Balaban J connectivity index is 1.85. The number of tetrazole rings is 1. The maximum Gasteiger partial charge on any atom is 0.416 e. The number of carbonyl (C=O) groups is 1. The molecule has 1 aliphatic rings. The maximum absolute atomic E-state index is 13.6. The van der Waals surface area contributed by atoms with E-state index < -0.39 is 54.3 Å². The number of carbonyl (C=O) groups excluding carboxylic acids is 1. The van der Waals surface area contributed by atoms with Gasteiger partial charge in [-0.05, 0) is 83.7 Å². The smallest absolute Gasteiger partial charge is 0.416 e. The highest BCUT2D eigenvalue weighted by molar-refractivity contribution is 9.10. The molecule has 40 heavy (non-hydrogen) atoms. The van der Waals surface area contributed by atoms with Crippen LogP contribution in [0, 0.1) is 0 Å². The molecule has 1 amide bonds. The average Bonchev–Trinajstić information content (AvgIpc) is 3.39. The van der Waals surface area contributed by atoms with E-state index in [9.17, 15) is 31.1 Å². The third-order valence-electron chi connectivity index (χ3n) is 6.28. The van der Waals surface area contributed by atoms with Crippen LogP contribution in [0.5, 0.6) is 0 Å². The summed E-state index contributed by atoms with van der Waals surface area (Å²) in [6.45, 7) is 4.80. The van der Waals surface area contributed by atoms with Crippen LogP contribution in [0.1, 0.15) is 62.0 Å². The molecule has 2 unspecified atom stereocenters. The topological polar surface area (TPSA) is 100 Å². The number of nitrogens with zero attached hydrogens (tertiary/aromatic N) is 6. The van der Waals surface area contributed by atoms with E-state index >= 15 is 0 Å². The zero-order valence-electron chi connectivity index (χ0n) is 21.4. The molecule has 216 valence electrons. The van der Waals surface area contributed by atoms with Crippen LogP contribution < -0.4 is 9.80 Å². The standard InChI is InChI=1S/C24H24BrF6N7O2/c1-4-16-10-18(20-17(5-6-19(25)32-20)38(16)22(39)40-12(2)3)37(21-33-35-36-34-21)11-13-7-14(23(26,27)28)9-15(8-13)24(29,30)31/h5-9,12,16,18H,4,10-11H2,1-3H3,(H,33,34,35,36). The molecule has 2 atom stereocenters. The van der Waals surface area contributed by atoms with Crippen molar-refractivity contribution in [3.8, 4) is 0 Å². The quantitative estimate of drug-likeness (QED) is 0.238. The molecular formula is C24H24BrF6N7O2. The first-order valence-corrected chi connectivity index (χ1v) is 12.9. The van der Waals surface area contributed by atoms with Crippen LogP contribution in [0.3, 0.4) is 0 Å². The number of nitrogens with one attached hydrogen (secondary N) is 1. The number of fused-ring (bicyclic) bond motifs is 1. The van der Waals surface area contributed by atoms with E-state index in [-0.39, 0.29) is 24.0 Å². The maximum atomic E-state index is 13.6. The normalized spacial score (nSPS) is 17.6. The molecule has 1 aromatic carbocycles. The number of benzene rings is 1. The summed E-state index contributed by atoms with van der Waals surface area (Å²) in [6.07, 6.45) is -10.4. The molecule has 0 radical (unpaired) electrons. The van der Waals surface area contributed by atoms with E-state index in [2.05, 4.69) is 41.5 Å². The Morgan fingerprint density at radius 1 is 1.15 bits per heavy atom. The van der Waals surface area contributed by atoms with Gasteiger partial charge >= 0.3 is 18.4 Å². The van der Waals surface area contributed by atoms with Crippen molar-refractivity contribution in [2.75, 3.05) is 9.80 Å². The molecule has 9 nitrogen and oxygen atoms in total. The molecule has 0 saturated heterocycles. The second-order valence-electron chi connectivity index (χ2n) is 9.41. The predicted molar refractivity (Wildman–Crippen MR) is 134 cm³/mol. The van der Waals surface area contributed by atoms with E-state index in [0.29, 0.717) is 34.5 Å². The summed E-state index contributed by atoms with van der Waals surface area (Å²) in [5, 5.41) is 13.7. The van der Waals surface area contributed by atoms with Gasteiger partial charge in [-0.2, -0.15) is 31.6 Å². The molecule has 1 N–H and O–H groups in total. The Morgan fingerprint density at radius 2 is 1.80 bits per heavy atom. The van der Waals surface area contributed by atoms with Crippen molar-refractivity contribution >= 4 is 33.7 Å². The van der Waals surface area contributed by atoms with E-state index in [1.165, 1.54) is 9.80 Å². The lowest BCUT2D eigenvalue weighted by Crippen LogP contribution is -2.48. The van der Waals surface area contributed by atoms with Gasteiger partial charge in [-0.3, -0.25) is 4.90 Å². The number of rotatable bonds is 6. The molecule has 0 spiro atoms. The molecule has 0 fully saturated rings. The van der Waals surface area contributed by atoms with Gasteiger partial charge in [0.15, 0.2) is 0 Å². The van der Waals surface area contributed by atoms with Crippen molar-refractivity contribution < 1.29 is 35.9 Å². The lowest BCUT2D eigenvalue weighted by molar-refractivity contribution is -0.143. The van der Waals surface area contributed by atoms with Crippen LogP contribution in [0.2, 0.25) is 0 Å². The fraction of sp³-hybridized carbons (Fsp3) is 0.458. The van der Waals surface area contributed by atoms with Crippen LogP contribution >= 0.6 is 15.9 Å². The summed E-state index contributed by atoms with van der Waals surface area (Å²) in [6, 6.07) is 3.43. The monoisotopic (exact) mass is 635 g/mol. The van der Waals surface area contributed by atoms with Crippen LogP contribution in [0.4, 0.5) is 42.8 Å². The number of pyridine rings is 1. The highest BCUT2D eigenvalue weighted by Gasteiger charge is 2.42. The van der Waals surface area contributed by atoms with Crippen LogP contribution in [0.25, 0.3) is 0 Å². The third-order valence-corrected chi connectivity index (χ3v) is 6.72. The van der Waals surface area contributed by atoms with Crippen LogP contribution in [-0.4, -0.2) is 43.8 Å². The zero-order chi connectivity index (χ0) is 29.4. The fourth-order valence-corrected chi connectivity index (χ4v) is 4.92. The first-order chi connectivity index (χ1) is 18.7. The number of amides is 1. The predicted octanol–water partition coefficient (Wildman–Crippen LogP) is 6.68. The number of hydrogen-bond donors (Lipinski definition) is 1. The van der Waals surface area contributed by atoms with Crippen molar-refractivity contribution in [1.29, 1.82) is 0 Å². The third kappa shape index (κ3) is 6.31. The van der Waals surface area contributed by atoms with Crippen molar-refractivity contribution in [2.45, 2.75) is 70.7 Å². The summed E-state index contributed by atoms with van der Waals surface area (Å²) in [5.74, 6) is -0.0724.